The quantitative estimate of drug-likeness (QED) is 0.646. The van der Waals surface area contributed by atoms with Gasteiger partial charge in [0.25, 0.3) is 0 Å². The molecule has 86 valence electrons. The molecule has 0 aliphatic rings. The van der Waals surface area contributed by atoms with Crippen molar-refractivity contribution in [1.82, 2.24) is 4.57 Å². The number of aromatic nitrogens is 1. The zero-order valence-corrected chi connectivity index (χ0v) is 13.4. The molecular formula is C12H7Br3N2. The third kappa shape index (κ3) is 2.65. The summed E-state index contributed by atoms with van der Waals surface area (Å²) < 4.78 is 3.71. The van der Waals surface area contributed by atoms with Gasteiger partial charge in [-0.2, -0.15) is 5.26 Å². The lowest BCUT2D eigenvalue weighted by Gasteiger charge is -2.08. The molecule has 0 bridgehead atoms. The van der Waals surface area contributed by atoms with Crippen molar-refractivity contribution in [1.29, 1.82) is 5.26 Å². The number of halogens is 3. The molecule has 17 heavy (non-hydrogen) atoms. The summed E-state index contributed by atoms with van der Waals surface area (Å²) in [4.78, 5) is 0. The van der Waals surface area contributed by atoms with Crippen molar-refractivity contribution in [3.05, 3.63) is 50.7 Å². The molecule has 0 aliphatic carbocycles. The second-order valence-corrected chi connectivity index (χ2v) is 5.78. The Kier molecular flexibility index (Phi) is 4.08. The van der Waals surface area contributed by atoms with Crippen LogP contribution in [-0.2, 0) is 5.33 Å². The van der Waals surface area contributed by atoms with Gasteiger partial charge in [0, 0.05) is 20.5 Å². The van der Waals surface area contributed by atoms with Crippen LogP contribution >= 0.6 is 47.8 Å². The van der Waals surface area contributed by atoms with Gasteiger partial charge in [0.15, 0.2) is 0 Å². The van der Waals surface area contributed by atoms with E-state index in [-0.39, 0.29) is 0 Å². The molecule has 0 amide bonds. The number of rotatable bonds is 2. The van der Waals surface area contributed by atoms with Gasteiger partial charge in [0.05, 0.1) is 5.69 Å². The van der Waals surface area contributed by atoms with E-state index in [9.17, 15) is 0 Å². The van der Waals surface area contributed by atoms with Crippen molar-refractivity contribution in [3.63, 3.8) is 0 Å². The van der Waals surface area contributed by atoms with Crippen LogP contribution in [0.15, 0.2) is 39.4 Å². The van der Waals surface area contributed by atoms with Crippen molar-refractivity contribution >= 4 is 47.8 Å². The van der Waals surface area contributed by atoms with Crippen LogP contribution in [0.3, 0.4) is 0 Å². The molecule has 0 N–H and O–H groups in total. The van der Waals surface area contributed by atoms with Gasteiger partial charge in [-0.3, -0.25) is 0 Å². The molecule has 0 fully saturated rings. The van der Waals surface area contributed by atoms with E-state index in [0.29, 0.717) is 5.69 Å². The van der Waals surface area contributed by atoms with Crippen molar-refractivity contribution in [2.75, 3.05) is 0 Å². The van der Waals surface area contributed by atoms with Crippen LogP contribution in [0, 0.1) is 11.3 Å². The van der Waals surface area contributed by atoms with E-state index < -0.39 is 0 Å². The van der Waals surface area contributed by atoms with Gasteiger partial charge < -0.3 is 4.57 Å². The number of nitriles is 1. The molecule has 0 radical (unpaired) electrons. The molecule has 2 rings (SSSR count). The minimum Gasteiger partial charge on any atom is -0.306 e. The maximum absolute atomic E-state index is 9.07. The molecule has 5 heteroatoms. The fraction of sp³-hybridized carbons (Fsp3) is 0.0833. The van der Waals surface area contributed by atoms with E-state index in [1.807, 2.05) is 29.0 Å². The van der Waals surface area contributed by atoms with E-state index in [4.69, 9.17) is 5.26 Å². The Balaban J connectivity index is 2.57. The first kappa shape index (κ1) is 12.9. The first-order valence-electron chi connectivity index (χ1n) is 4.78. The lowest BCUT2D eigenvalue weighted by molar-refractivity contribution is 1.04. The number of hydrogen-bond donors (Lipinski definition) is 0. The first-order chi connectivity index (χ1) is 8.15. The second-order valence-electron chi connectivity index (χ2n) is 3.44. The van der Waals surface area contributed by atoms with E-state index >= 15 is 0 Å². The van der Waals surface area contributed by atoms with Crippen LogP contribution < -0.4 is 0 Å². The predicted octanol–water partition coefficient (Wildman–Crippen LogP) is 4.77. The summed E-state index contributed by atoms with van der Waals surface area (Å²) in [6.45, 7) is 0. The van der Waals surface area contributed by atoms with Crippen molar-refractivity contribution in [2.24, 2.45) is 0 Å². The minimum atomic E-state index is 0.601. The SMILES string of the molecule is N#Cc1cc(Br)cn1-c1ccc(CBr)cc1Br. The Morgan fingerprint density at radius 2 is 2.00 bits per heavy atom. The lowest BCUT2D eigenvalue weighted by Crippen LogP contribution is -1.96. The maximum atomic E-state index is 9.07. The van der Waals surface area contributed by atoms with Crippen LogP contribution in [0.1, 0.15) is 11.3 Å². The number of nitrogens with zero attached hydrogens (tertiary/aromatic N) is 2. The minimum absolute atomic E-state index is 0.601. The topological polar surface area (TPSA) is 28.7 Å². The number of alkyl halides is 1. The highest BCUT2D eigenvalue weighted by Crippen LogP contribution is 2.27. The summed E-state index contributed by atoms with van der Waals surface area (Å²) in [5.41, 5.74) is 2.74. The predicted molar refractivity (Wildman–Crippen MR) is 78.5 cm³/mol. The number of hydrogen-bond acceptors (Lipinski definition) is 1. The molecular weight excluding hydrogens is 412 g/mol. The molecule has 0 spiro atoms. The highest BCUT2D eigenvalue weighted by Gasteiger charge is 2.09. The summed E-state index contributed by atoms with van der Waals surface area (Å²) in [6.07, 6.45) is 1.88. The van der Waals surface area contributed by atoms with Crippen molar-refractivity contribution in [2.45, 2.75) is 5.33 Å². The van der Waals surface area contributed by atoms with Gasteiger partial charge in [0.2, 0.25) is 0 Å². The van der Waals surface area contributed by atoms with Crippen LogP contribution in [0.2, 0.25) is 0 Å². The highest BCUT2D eigenvalue weighted by atomic mass is 79.9. The molecule has 0 atom stereocenters. The third-order valence-electron chi connectivity index (χ3n) is 2.33. The van der Waals surface area contributed by atoms with Gasteiger partial charge >= 0.3 is 0 Å². The van der Waals surface area contributed by atoms with E-state index in [2.05, 4.69) is 53.9 Å². The normalized spacial score (nSPS) is 10.2. The molecule has 2 aromatic rings. The third-order valence-corrected chi connectivity index (χ3v) is 4.04. The average molecular weight is 419 g/mol. The van der Waals surface area contributed by atoms with Crippen LogP contribution in [0.5, 0.6) is 0 Å². The monoisotopic (exact) mass is 416 g/mol. The molecule has 0 saturated carbocycles. The molecule has 1 aromatic carbocycles. The van der Waals surface area contributed by atoms with Gasteiger partial charge in [-0.05, 0) is 55.6 Å². The van der Waals surface area contributed by atoms with Gasteiger partial charge in [-0.25, -0.2) is 0 Å². The summed E-state index contributed by atoms with van der Waals surface area (Å²) in [5.74, 6) is 0. The zero-order chi connectivity index (χ0) is 12.4. The largest absolute Gasteiger partial charge is 0.306 e. The fourth-order valence-corrected chi connectivity index (χ4v) is 2.93. The smallest absolute Gasteiger partial charge is 0.125 e. The van der Waals surface area contributed by atoms with Gasteiger partial charge in [-0.15, -0.1) is 0 Å². The average Bonchev–Trinajstić information content (AvgIpc) is 2.70. The van der Waals surface area contributed by atoms with E-state index in [1.54, 1.807) is 6.07 Å². The molecule has 1 aromatic heterocycles. The summed E-state index contributed by atoms with van der Waals surface area (Å²) in [5, 5.41) is 9.88. The maximum Gasteiger partial charge on any atom is 0.125 e. The Hall–Kier alpha value is -0.570. The van der Waals surface area contributed by atoms with Gasteiger partial charge in [0.1, 0.15) is 11.8 Å². The number of benzene rings is 1. The first-order valence-corrected chi connectivity index (χ1v) is 7.49. The lowest BCUT2D eigenvalue weighted by atomic mass is 10.2. The Morgan fingerprint density at radius 3 is 2.59 bits per heavy atom. The fourth-order valence-electron chi connectivity index (χ4n) is 1.54. The van der Waals surface area contributed by atoms with Crippen molar-refractivity contribution in [3.8, 4) is 11.8 Å². The molecule has 0 unspecified atom stereocenters. The van der Waals surface area contributed by atoms with Crippen LogP contribution in [0.4, 0.5) is 0 Å². The summed E-state index contributed by atoms with van der Waals surface area (Å²) in [7, 11) is 0. The standard InChI is InChI=1S/C12H7Br3N2/c13-5-8-1-2-12(11(15)3-8)17-7-9(14)4-10(17)6-16/h1-4,7H,5H2. The van der Waals surface area contributed by atoms with Crippen molar-refractivity contribution < 1.29 is 0 Å². The Labute approximate surface area is 125 Å². The Bertz CT molecular complexity index is 596. The highest BCUT2D eigenvalue weighted by molar-refractivity contribution is 9.11. The van der Waals surface area contributed by atoms with E-state index in [0.717, 1.165) is 20.0 Å². The Morgan fingerprint density at radius 1 is 1.24 bits per heavy atom. The van der Waals surface area contributed by atoms with Gasteiger partial charge in [-0.1, -0.05) is 22.0 Å². The van der Waals surface area contributed by atoms with Crippen LogP contribution in [0.25, 0.3) is 5.69 Å². The second kappa shape index (κ2) is 5.38. The molecule has 1 heterocycles. The van der Waals surface area contributed by atoms with Crippen LogP contribution in [-0.4, -0.2) is 4.57 Å². The molecule has 0 saturated heterocycles. The molecule has 2 nitrogen and oxygen atoms in total. The summed E-state index contributed by atoms with van der Waals surface area (Å²) in [6, 6.07) is 10.0. The van der Waals surface area contributed by atoms with E-state index in [1.165, 1.54) is 5.56 Å². The molecule has 0 aliphatic heterocycles. The zero-order valence-electron chi connectivity index (χ0n) is 8.62. The summed E-state index contributed by atoms with van der Waals surface area (Å²) >= 11 is 10.3.